The Morgan fingerprint density at radius 1 is 1.50 bits per heavy atom. The normalized spacial score (nSPS) is 12.9. The lowest BCUT2D eigenvalue weighted by Gasteiger charge is -2.04. The SMILES string of the molecule is C[S+]([O-])c1ccc2nc3sc(C(=O)O)cn3c(=O)c2c1. The molecule has 0 aliphatic heterocycles. The molecule has 0 aliphatic rings. The Bertz CT molecular complexity index is 897. The monoisotopic (exact) mass is 308 g/mol. The van der Waals surface area contributed by atoms with Crippen LogP contribution in [0.4, 0.5) is 0 Å². The van der Waals surface area contributed by atoms with Gasteiger partial charge in [-0.2, -0.15) is 0 Å². The van der Waals surface area contributed by atoms with Gasteiger partial charge in [-0.05, 0) is 23.3 Å². The molecule has 0 saturated carbocycles. The van der Waals surface area contributed by atoms with Crippen LogP contribution in [0, 0.1) is 0 Å². The number of aromatic carboxylic acids is 1. The number of thiazole rings is 1. The third-order valence-corrected chi connectivity index (χ3v) is 4.72. The van der Waals surface area contributed by atoms with Crippen molar-refractivity contribution in [1.82, 2.24) is 9.38 Å². The van der Waals surface area contributed by atoms with Gasteiger partial charge in [-0.3, -0.25) is 9.20 Å². The third-order valence-electron chi connectivity index (χ3n) is 2.83. The molecule has 3 rings (SSSR count). The minimum absolute atomic E-state index is 0.0456. The van der Waals surface area contributed by atoms with Crippen LogP contribution in [-0.4, -0.2) is 31.3 Å². The average Bonchev–Trinajstić information content (AvgIpc) is 2.83. The van der Waals surface area contributed by atoms with Crippen LogP contribution in [0.5, 0.6) is 0 Å². The average molecular weight is 308 g/mol. The second-order valence-electron chi connectivity index (χ2n) is 4.10. The molecule has 2 heterocycles. The van der Waals surface area contributed by atoms with Gasteiger partial charge in [0.1, 0.15) is 11.1 Å². The number of carboxylic acids is 1. The van der Waals surface area contributed by atoms with Crippen molar-refractivity contribution in [2.45, 2.75) is 4.90 Å². The lowest BCUT2D eigenvalue weighted by molar-refractivity contribution is 0.0701. The Morgan fingerprint density at radius 2 is 2.25 bits per heavy atom. The van der Waals surface area contributed by atoms with Crippen LogP contribution < -0.4 is 5.56 Å². The maximum absolute atomic E-state index is 12.3. The summed E-state index contributed by atoms with van der Waals surface area (Å²) in [6, 6.07) is 4.80. The molecule has 0 radical (unpaired) electrons. The zero-order valence-electron chi connectivity index (χ0n) is 10.2. The minimum atomic E-state index is -1.20. The molecule has 20 heavy (non-hydrogen) atoms. The highest BCUT2D eigenvalue weighted by atomic mass is 32.2. The molecule has 1 unspecified atom stereocenters. The van der Waals surface area contributed by atoms with E-state index < -0.39 is 17.1 Å². The summed E-state index contributed by atoms with van der Waals surface area (Å²) in [6.07, 6.45) is 2.78. The Kier molecular flexibility index (Phi) is 3.00. The van der Waals surface area contributed by atoms with Crippen LogP contribution in [0.1, 0.15) is 9.67 Å². The smallest absolute Gasteiger partial charge is 0.347 e. The summed E-state index contributed by atoms with van der Waals surface area (Å²) in [5, 5.41) is 9.28. The van der Waals surface area contributed by atoms with E-state index in [0.717, 1.165) is 11.3 Å². The number of hydrogen-bond donors (Lipinski definition) is 1. The van der Waals surface area contributed by atoms with Crippen molar-refractivity contribution in [3.8, 4) is 0 Å². The fraction of sp³-hybridized carbons (Fsp3) is 0.0833. The number of hydrogen-bond acceptors (Lipinski definition) is 5. The van der Waals surface area contributed by atoms with Crippen molar-refractivity contribution < 1.29 is 14.5 Å². The molecular formula is C12H8N2O4S2. The maximum Gasteiger partial charge on any atom is 0.347 e. The van der Waals surface area contributed by atoms with Gasteiger partial charge in [-0.1, -0.05) is 11.3 Å². The second kappa shape index (κ2) is 4.58. The van der Waals surface area contributed by atoms with Gasteiger partial charge >= 0.3 is 5.97 Å². The lowest BCUT2D eigenvalue weighted by atomic mass is 10.2. The summed E-state index contributed by atoms with van der Waals surface area (Å²) < 4.78 is 12.7. The molecule has 3 aromatic rings. The molecule has 0 bridgehead atoms. The van der Waals surface area contributed by atoms with E-state index in [1.165, 1.54) is 22.9 Å². The van der Waals surface area contributed by atoms with Gasteiger partial charge in [0.2, 0.25) is 0 Å². The van der Waals surface area contributed by atoms with E-state index >= 15 is 0 Å². The molecule has 8 heteroatoms. The fourth-order valence-electron chi connectivity index (χ4n) is 1.86. The molecule has 0 amide bonds. The Balaban J connectivity index is 2.39. The first-order chi connectivity index (χ1) is 9.47. The summed E-state index contributed by atoms with van der Waals surface area (Å²) in [7, 11) is 0. The maximum atomic E-state index is 12.3. The van der Waals surface area contributed by atoms with Crippen LogP contribution in [0.3, 0.4) is 0 Å². The van der Waals surface area contributed by atoms with E-state index in [9.17, 15) is 14.1 Å². The van der Waals surface area contributed by atoms with E-state index in [1.807, 2.05) is 0 Å². The van der Waals surface area contributed by atoms with E-state index in [0.29, 0.717) is 20.8 Å². The molecule has 1 atom stereocenters. The summed E-state index contributed by atoms with van der Waals surface area (Å²) in [5.74, 6) is -1.10. The van der Waals surface area contributed by atoms with Gasteiger partial charge in [0.25, 0.3) is 5.56 Å². The molecule has 2 aromatic heterocycles. The van der Waals surface area contributed by atoms with Crippen molar-refractivity contribution in [2.24, 2.45) is 0 Å². The predicted molar refractivity (Wildman–Crippen MR) is 76.1 cm³/mol. The zero-order valence-corrected chi connectivity index (χ0v) is 11.8. The Morgan fingerprint density at radius 3 is 2.90 bits per heavy atom. The molecule has 1 aromatic carbocycles. The third kappa shape index (κ3) is 1.98. The van der Waals surface area contributed by atoms with Gasteiger partial charge in [-0.15, -0.1) is 0 Å². The lowest BCUT2D eigenvalue weighted by Crippen LogP contribution is -2.13. The molecule has 0 fully saturated rings. The van der Waals surface area contributed by atoms with Crippen LogP contribution in [0.25, 0.3) is 15.9 Å². The van der Waals surface area contributed by atoms with E-state index in [2.05, 4.69) is 4.98 Å². The van der Waals surface area contributed by atoms with Gasteiger partial charge in [0.05, 0.1) is 10.9 Å². The topological polar surface area (TPSA) is 94.7 Å². The first-order valence-corrected chi connectivity index (χ1v) is 7.87. The molecular weight excluding hydrogens is 300 g/mol. The second-order valence-corrected chi connectivity index (χ2v) is 6.49. The molecule has 0 saturated heterocycles. The number of aromatic nitrogens is 2. The van der Waals surface area contributed by atoms with Crippen molar-refractivity contribution in [3.05, 3.63) is 39.6 Å². The quantitative estimate of drug-likeness (QED) is 0.721. The van der Waals surface area contributed by atoms with Gasteiger partial charge in [0.15, 0.2) is 9.86 Å². The largest absolute Gasteiger partial charge is 0.612 e. The molecule has 102 valence electrons. The highest BCUT2D eigenvalue weighted by molar-refractivity contribution is 7.90. The van der Waals surface area contributed by atoms with E-state index in [4.69, 9.17) is 5.11 Å². The molecule has 1 N–H and O–H groups in total. The summed E-state index contributed by atoms with van der Waals surface area (Å²) >= 11 is -0.259. The highest BCUT2D eigenvalue weighted by Crippen LogP contribution is 2.19. The number of benzene rings is 1. The standard InChI is InChI=1S/C12H8N2O4S2/c1-20(18)6-2-3-8-7(4-6)10(15)14-5-9(11(16)17)19-12(14)13-8/h2-5H,1H3,(H,16,17). The van der Waals surface area contributed by atoms with E-state index in [1.54, 1.807) is 12.1 Å². The zero-order chi connectivity index (χ0) is 14.4. The molecule has 0 aliphatic carbocycles. The van der Waals surface area contributed by atoms with Crippen LogP contribution in [0.2, 0.25) is 0 Å². The number of nitrogens with zero attached hydrogens (tertiary/aromatic N) is 2. The number of carbonyl (C=O) groups is 1. The predicted octanol–water partition coefficient (Wildman–Crippen LogP) is 1.34. The van der Waals surface area contributed by atoms with Crippen molar-refractivity contribution in [1.29, 1.82) is 0 Å². The first-order valence-electron chi connectivity index (χ1n) is 5.50. The van der Waals surface area contributed by atoms with E-state index in [-0.39, 0.29) is 10.4 Å². The summed E-state index contributed by atoms with van der Waals surface area (Å²) in [4.78, 5) is 28.4. The number of fused-ring (bicyclic) bond motifs is 2. The summed E-state index contributed by atoms with van der Waals surface area (Å²) in [5.41, 5.74) is 0.101. The Labute approximate surface area is 119 Å². The van der Waals surface area contributed by atoms with Crippen molar-refractivity contribution in [2.75, 3.05) is 6.26 Å². The minimum Gasteiger partial charge on any atom is -0.612 e. The first kappa shape index (κ1) is 13.1. The summed E-state index contributed by atoms with van der Waals surface area (Å²) in [6.45, 7) is 0. The van der Waals surface area contributed by atoms with Gasteiger partial charge < -0.3 is 9.66 Å². The molecule has 6 nitrogen and oxygen atoms in total. The highest BCUT2D eigenvalue weighted by Gasteiger charge is 2.14. The van der Waals surface area contributed by atoms with Crippen molar-refractivity contribution >= 4 is 44.3 Å². The van der Waals surface area contributed by atoms with Gasteiger partial charge in [-0.25, -0.2) is 9.78 Å². The fourth-order valence-corrected chi connectivity index (χ4v) is 3.23. The Hall–Kier alpha value is -1.90. The molecule has 0 spiro atoms. The number of rotatable bonds is 2. The number of carboxylic acid groups (broad SMARTS) is 1. The van der Waals surface area contributed by atoms with Gasteiger partial charge in [0, 0.05) is 12.3 Å². The van der Waals surface area contributed by atoms with Crippen LogP contribution >= 0.6 is 11.3 Å². The van der Waals surface area contributed by atoms with Crippen LogP contribution in [-0.2, 0) is 11.2 Å². The van der Waals surface area contributed by atoms with Crippen LogP contribution in [0.15, 0.2) is 34.1 Å². The van der Waals surface area contributed by atoms with Crippen molar-refractivity contribution in [3.63, 3.8) is 0 Å².